The number of nitrogens with zero attached hydrogens (tertiary/aromatic N) is 1. The normalized spacial score (nSPS) is 9.67. The van der Waals surface area contributed by atoms with Gasteiger partial charge in [-0.25, -0.2) is 4.79 Å². The summed E-state index contributed by atoms with van der Waals surface area (Å²) < 4.78 is 9.82. The fourth-order valence-corrected chi connectivity index (χ4v) is 0.606. The molecule has 0 amide bonds. The van der Waals surface area contributed by atoms with Gasteiger partial charge < -0.3 is 24.6 Å². The Kier molecular flexibility index (Phi) is 14.8. The number of methoxy groups -OCH3 is 2. The van der Waals surface area contributed by atoms with Gasteiger partial charge in [-0.15, -0.1) is 0 Å². The number of hydrogen-bond donors (Lipinski definition) is 2. The van der Waals surface area contributed by atoms with E-state index in [9.17, 15) is 0 Å². The van der Waals surface area contributed by atoms with Gasteiger partial charge >= 0.3 is 5.97 Å². The summed E-state index contributed by atoms with van der Waals surface area (Å²) in [5, 5.41) is 15.0. The third-order valence-electron chi connectivity index (χ3n) is 1.49. The minimum Gasteiger partial charge on any atom is -0.480 e. The molecule has 0 fully saturated rings. The number of rotatable bonds is 7. The standard InChI is InChI=1S/C7H17NO2.C2H4O3/c1-8(4-6-9-2)5-7-10-3;3-1-2(4)5/h4-7H2,1-3H3;3H,1H2,(H,4,5). The lowest BCUT2D eigenvalue weighted by Gasteiger charge is -2.14. The van der Waals surface area contributed by atoms with Crippen molar-refractivity contribution in [3.05, 3.63) is 0 Å². The Hall–Kier alpha value is -0.690. The summed E-state index contributed by atoms with van der Waals surface area (Å²) in [6, 6.07) is 0. The second-order valence-electron chi connectivity index (χ2n) is 2.84. The van der Waals surface area contributed by atoms with Gasteiger partial charge in [0, 0.05) is 27.3 Å². The smallest absolute Gasteiger partial charge is 0.329 e. The predicted molar refractivity (Wildman–Crippen MR) is 56.0 cm³/mol. The quantitative estimate of drug-likeness (QED) is 0.592. The molecule has 0 saturated heterocycles. The monoisotopic (exact) mass is 223 g/mol. The summed E-state index contributed by atoms with van der Waals surface area (Å²) in [7, 11) is 5.48. The Bertz CT molecular complexity index is 134. The molecule has 0 rings (SSSR count). The molecule has 0 radical (unpaired) electrons. The fraction of sp³-hybridized carbons (Fsp3) is 0.889. The maximum atomic E-state index is 9.12. The Balaban J connectivity index is 0. The molecule has 0 aliphatic carbocycles. The van der Waals surface area contributed by atoms with Crippen LogP contribution in [0.2, 0.25) is 0 Å². The highest BCUT2D eigenvalue weighted by Crippen LogP contribution is 1.81. The predicted octanol–water partition coefficient (Wildman–Crippen LogP) is -0.726. The zero-order valence-electron chi connectivity index (χ0n) is 9.60. The summed E-state index contributed by atoms with van der Waals surface area (Å²) in [4.78, 5) is 11.3. The molecular weight excluding hydrogens is 202 g/mol. The molecule has 6 nitrogen and oxygen atoms in total. The minimum absolute atomic E-state index is 0.778. The van der Waals surface area contributed by atoms with E-state index >= 15 is 0 Å². The van der Waals surface area contributed by atoms with E-state index < -0.39 is 12.6 Å². The lowest BCUT2D eigenvalue weighted by Crippen LogP contribution is -2.26. The Morgan fingerprint density at radius 1 is 1.20 bits per heavy atom. The van der Waals surface area contributed by atoms with E-state index in [0.29, 0.717) is 0 Å². The molecule has 0 aromatic heterocycles. The van der Waals surface area contributed by atoms with Crippen molar-refractivity contribution in [3.8, 4) is 0 Å². The second-order valence-corrected chi connectivity index (χ2v) is 2.84. The maximum absolute atomic E-state index is 9.12. The lowest BCUT2D eigenvalue weighted by atomic mass is 10.5. The molecule has 2 N–H and O–H groups in total. The van der Waals surface area contributed by atoms with Gasteiger partial charge in [-0.1, -0.05) is 0 Å². The van der Waals surface area contributed by atoms with Crippen molar-refractivity contribution in [3.63, 3.8) is 0 Å². The van der Waals surface area contributed by atoms with Crippen molar-refractivity contribution in [2.24, 2.45) is 0 Å². The third-order valence-corrected chi connectivity index (χ3v) is 1.49. The molecule has 0 spiro atoms. The van der Waals surface area contributed by atoms with E-state index in [1.165, 1.54) is 0 Å². The Labute approximate surface area is 90.4 Å². The van der Waals surface area contributed by atoms with Gasteiger partial charge in [-0.05, 0) is 7.05 Å². The fourth-order valence-electron chi connectivity index (χ4n) is 0.606. The van der Waals surface area contributed by atoms with Crippen LogP contribution in [0.5, 0.6) is 0 Å². The van der Waals surface area contributed by atoms with E-state index in [4.69, 9.17) is 24.5 Å². The number of carboxylic acid groups (broad SMARTS) is 1. The van der Waals surface area contributed by atoms with Crippen molar-refractivity contribution in [2.45, 2.75) is 0 Å². The highest BCUT2D eigenvalue weighted by Gasteiger charge is 1.94. The SMILES string of the molecule is COCCN(C)CCOC.O=C(O)CO. The number of aliphatic carboxylic acids is 1. The Morgan fingerprint density at radius 3 is 1.73 bits per heavy atom. The number of aliphatic hydroxyl groups is 1. The lowest BCUT2D eigenvalue weighted by molar-refractivity contribution is -0.140. The van der Waals surface area contributed by atoms with Crippen LogP contribution in [0.4, 0.5) is 0 Å². The summed E-state index contributed by atoms with van der Waals surface area (Å²) in [6.45, 7) is 2.75. The molecule has 6 heteroatoms. The highest BCUT2D eigenvalue weighted by atomic mass is 16.5. The van der Waals surface area contributed by atoms with Gasteiger partial charge in [-0.3, -0.25) is 0 Å². The summed E-state index contributed by atoms with van der Waals surface area (Å²) in [5.74, 6) is -1.19. The molecule has 0 aromatic carbocycles. The van der Waals surface area contributed by atoms with Gasteiger partial charge in [0.1, 0.15) is 6.61 Å². The van der Waals surface area contributed by atoms with Crippen molar-refractivity contribution >= 4 is 5.97 Å². The van der Waals surface area contributed by atoms with Gasteiger partial charge in [-0.2, -0.15) is 0 Å². The topological polar surface area (TPSA) is 79.2 Å². The molecule has 0 aromatic rings. The molecule has 0 saturated carbocycles. The molecule has 0 bridgehead atoms. The summed E-state index contributed by atoms with van der Waals surface area (Å²) >= 11 is 0. The van der Waals surface area contributed by atoms with E-state index in [2.05, 4.69) is 11.9 Å². The van der Waals surface area contributed by atoms with E-state index in [-0.39, 0.29) is 0 Å². The van der Waals surface area contributed by atoms with E-state index in [1.54, 1.807) is 14.2 Å². The second kappa shape index (κ2) is 13.3. The van der Waals surface area contributed by atoms with Crippen LogP contribution in [0.15, 0.2) is 0 Å². The number of hydrogen-bond acceptors (Lipinski definition) is 5. The molecule has 0 aliphatic rings. The zero-order valence-corrected chi connectivity index (χ0v) is 9.60. The minimum atomic E-state index is -1.19. The van der Waals surface area contributed by atoms with E-state index in [1.807, 2.05) is 0 Å². The van der Waals surface area contributed by atoms with Crippen LogP contribution in [0.3, 0.4) is 0 Å². The first-order valence-corrected chi connectivity index (χ1v) is 4.57. The van der Waals surface area contributed by atoms with Crippen molar-refractivity contribution in [1.29, 1.82) is 0 Å². The van der Waals surface area contributed by atoms with Crippen LogP contribution < -0.4 is 0 Å². The van der Waals surface area contributed by atoms with Crippen molar-refractivity contribution in [2.75, 3.05) is 54.2 Å². The van der Waals surface area contributed by atoms with Crippen LogP contribution in [0.25, 0.3) is 0 Å². The van der Waals surface area contributed by atoms with Crippen LogP contribution >= 0.6 is 0 Å². The average molecular weight is 223 g/mol. The molecule has 0 aliphatic heterocycles. The number of ether oxygens (including phenoxy) is 2. The Morgan fingerprint density at radius 2 is 1.53 bits per heavy atom. The molecule has 15 heavy (non-hydrogen) atoms. The number of aliphatic hydroxyl groups excluding tert-OH is 1. The summed E-state index contributed by atoms with van der Waals surface area (Å²) in [6.07, 6.45) is 0. The molecule has 0 unspecified atom stereocenters. The van der Waals surface area contributed by atoms with Crippen molar-refractivity contribution in [1.82, 2.24) is 4.90 Å². The van der Waals surface area contributed by atoms with Crippen LogP contribution in [0.1, 0.15) is 0 Å². The van der Waals surface area contributed by atoms with Gasteiger partial charge in [0.15, 0.2) is 0 Å². The largest absolute Gasteiger partial charge is 0.480 e. The number of likely N-dealkylation sites (N-methyl/N-ethyl adjacent to an activating group) is 1. The molecule has 0 atom stereocenters. The molecule has 92 valence electrons. The first kappa shape index (κ1) is 16.7. The van der Waals surface area contributed by atoms with Crippen LogP contribution in [0, 0.1) is 0 Å². The van der Waals surface area contributed by atoms with Crippen molar-refractivity contribution < 1.29 is 24.5 Å². The van der Waals surface area contributed by atoms with Gasteiger partial charge in [0.05, 0.1) is 13.2 Å². The summed E-state index contributed by atoms with van der Waals surface area (Å²) in [5.41, 5.74) is 0. The van der Waals surface area contributed by atoms with Crippen LogP contribution in [-0.4, -0.2) is 75.3 Å². The number of carbonyl (C=O) groups is 1. The van der Waals surface area contributed by atoms with Gasteiger partial charge in [0.2, 0.25) is 0 Å². The highest BCUT2D eigenvalue weighted by molar-refractivity contribution is 5.67. The first-order valence-electron chi connectivity index (χ1n) is 4.57. The zero-order chi connectivity index (χ0) is 12.1. The average Bonchev–Trinajstić information content (AvgIpc) is 2.24. The molecule has 0 heterocycles. The third kappa shape index (κ3) is 19.6. The van der Waals surface area contributed by atoms with Crippen LogP contribution in [-0.2, 0) is 14.3 Å². The maximum Gasteiger partial charge on any atom is 0.329 e. The number of carboxylic acids is 1. The van der Waals surface area contributed by atoms with E-state index in [0.717, 1.165) is 26.3 Å². The molecular formula is C9H21NO5. The first-order chi connectivity index (χ1) is 7.08. The van der Waals surface area contributed by atoms with Gasteiger partial charge in [0.25, 0.3) is 0 Å².